The van der Waals surface area contributed by atoms with Gasteiger partial charge in [-0.1, -0.05) is 65.2 Å². The van der Waals surface area contributed by atoms with E-state index in [1.165, 1.54) is 38.2 Å². The van der Waals surface area contributed by atoms with Gasteiger partial charge in [0.15, 0.2) is 0 Å². The molecule has 2 unspecified atom stereocenters. The van der Waals surface area contributed by atoms with Crippen LogP contribution >= 0.6 is 0 Å². The van der Waals surface area contributed by atoms with Gasteiger partial charge in [-0.15, -0.1) is 0 Å². The maximum absolute atomic E-state index is 11.7. The molecule has 0 aromatic carbocycles. The van der Waals surface area contributed by atoms with Crippen molar-refractivity contribution in [2.24, 2.45) is 5.92 Å². The van der Waals surface area contributed by atoms with Crippen LogP contribution in [0.4, 0.5) is 0 Å². The summed E-state index contributed by atoms with van der Waals surface area (Å²) in [6, 6.07) is 0. The zero-order valence-corrected chi connectivity index (χ0v) is 15.7. The van der Waals surface area contributed by atoms with Crippen LogP contribution in [0, 0.1) is 5.92 Å². The first-order chi connectivity index (χ1) is 11.2. The smallest absolute Gasteiger partial charge is 0.330 e. The fourth-order valence-electron chi connectivity index (χ4n) is 3.02. The number of hydrogen-bond donors (Lipinski definition) is 0. The van der Waals surface area contributed by atoms with Crippen molar-refractivity contribution in [3.05, 3.63) is 24.8 Å². The van der Waals surface area contributed by atoms with E-state index in [-0.39, 0.29) is 12.1 Å². The van der Waals surface area contributed by atoms with Gasteiger partial charge in [-0.2, -0.15) is 0 Å². The zero-order chi connectivity index (χ0) is 17.3. The van der Waals surface area contributed by atoms with E-state index in [9.17, 15) is 4.79 Å². The lowest BCUT2D eigenvalue weighted by Gasteiger charge is -2.27. The van der Waals surface area contributed by atoms with E-state index < -0.39 is 0 Å². The molecule has 2 atom stereocenters. The Hall–Kier alpha value is -1.05. The standard InChI is InChI=1S/C21H38O2/c1-5-9-11-12-13-15-17-19(16-7-3)20(18-14-10-6-2)23-21(22)8-4/h8-9,11,19-20H,4-7,10,12-18H2,1-3H3/b11-9+. The van der Waals surface area contributed by atoms with Crippen molar-refractivity contribution in [1.82, 2.24) is 0 Å². The third-order valence-electron chi connectivity index (χ3n) is 4.31. The Kier molecular flexibility index (Phi) is 15.1. The van der Waals surface area contributed by atoms with Gasteiger partial charge in [-0.05, 0) is 50.9 Å². The van der Waals surface area contributed by atoms with Gasteiger partial charge in [0.1, 0.15) is 6.10 Å². The van der Waals surface area contributed by atoms with Crippen molar-refractivity contribution in [1.29, 1.82) is 0 Å². The molecule has 0 aliphatic carbocycles. The van der Waals surface area contributed by atoms with Crippen LogP contribution in [0.1, 0.15) is 91.4 Å². The second-order valence-corrected chi connectivity index (χ2v) is 6.39. The Morgan fingerprint density at radius 2 is 1.70 bits per heavy atom. The van der Waals surface area contributed by atoms with E-state index >= 15 is 0 Å². The van der Waals surface area contributed by atoms with E-state index in [2.05, 4.69) is 39.5 Å². The number of hydrogen-bond acceptors (Lipinski definition) is 2. The molecule has 0 aliphatic rings. The van der Waals surface area contributed by atoms with E-state index in [0.717, 1.165) is 38.5 Å². The summed E-state index contributed by atoms with van der Waals surface area (Å²) in [7, 11) is 0. The molecular weight excluding hydrogens is 284 g/mol. The highest BCUT2D eigenvalue weighted by Crippen LogP contribution is 2.26. The molecule has 2 nitrogen and oxygen atoms in total. The number of carbonyl (C=O) groups excluding carboxylic acids is 1. The van der Waals surface area contributed by atoms with Gasteiger partial charge >= 0.3 is 5.97 Å². The molecule has 134 valence electrons. The molecule has 0 rings (SSSR count). The van der Waals surface area contributed by atoms with Crippen molar-refractivity contribution < 1.29 is 9.53 Å². The maximum atomic E-state index is 11.7. The number of carbonyl (C=O) groups is 1. The summed E-state index contributed by atoms with van der Waals surface area (Å²) in [6.07, 6.45) is 18.6. The molecule has 0 fully saturated rings. The highest BCUT2D eigenvalue weighted by Gasteiger charge is 2.23. The van der Waals surface area contributed by atoms with Gasteiger partial charge in [0.2, 0.25) is 0 Å². The number of esters is 1. The van der Waals surface area contributed by atoms with Crippen LogP contribution in [0.15, 0.2) is 24.8 Å². The van der Waals surface area contributed by atoms with Crippen LogP contribution in [-0.4, -0.2) is 12.1 Å². The van der Waals surface area contributed by atoms with Crippen molar-refractivity contribution in [2.45, 2.75) is 97.5 Å². The molecule has 0 aromatic rings. The lowest BCUT2D eigenvalue weighted by Crippen LogP contribution is -2.26. The molecule has 0 aromatic heterocycles. The predicted molar refractivity (Wildman–Crippen MR) is 101 cm³/mol. The Labute approximate surface area is 144 Å². The molecule has 0 amide bonds. The minimum atomic E-state index is -0.265. The first-order valence-corrected chi connectivity index (χ1v) is 9.67. The highest BCUT2D eigenvalue weighted by atomic mass is 16.5. The van der Waals surface area contributed by atoms with Gasteiger partial charge in [-0.3, -0.25) is 0 Å². The Bertz CT molecular complexity index is 320. The first kappa shape index (κ1) is 21.9. The number of allylic oxidation sites excluding steroid dienone is 2. The molecular formula is C21H38O2. The Morgan fingerprint density at radius 3 is 2.30 bits per heavy atom. The number of unbranched alkanes of at least 4 members (excludes halogenated alkanes) is 4. The second kappa shape index (κ2) is 15.8. The van der Waals surface area contributed by atoms with E-state index in [1.54, 1.807) is 0 Å². The Balaban J connectivity index is 4.46. The summed E-state index contributed by atoms with van der Waals surface area (Å²) in [6.45, 7) is 10.1. The van der Waals surface area contributed by atoms with E-state index in [0.29, 0.717) is 5.92 Å². The third-order valence-corrected chi connectivity index (χ3v) is 4.31. The average Bonchev–Trinajstić information content (AvgIpc) is 2.56. The monoisotopic (exact) mass is 322 g/mol. The molecule has 0 bridgehead atoms. The lowest BCUT2D eigenvalue weighted by molar-refractivity contribution is -0.146. The van der Waals surface area contributed by atoms with Crippen molar-refractivity contribution in [3.63, 3.8) is 0 Å². The van der Waals surface area contributed by atoms with Crippen LogP contribution in [0.25, 0.3) is 0 Å². The quantitative estimate of drug-likeness (QED) is 0.147. The molecule has 0 heterocycles. The van der Waals surface area contributed by atoms with Gasteiger partial charge in [0, 0.05) is 6.08 Å². The average molecular weight is 323 g/mol. The van der Waals surface area contributed by atoms with Gasteiger partial charge in [-0.25, -0.2) is 4.79 Å². The fourth-order valence-corrected chi connectivity index (χ4v) is 3.02. The summed E-state index contributed by atoms with van der Waals surface area (Å²) in [5, 5.41) is 0. The van der Waals surface area contributed by atoms with Crippen LogP contribution in [0.3, 0.4) is 0 Å². The molecule has 23 heavy (non-hydrogen) atoms. The largest absolute Gasteiger partial charge is 0.459 e. The minimum Gasteiger partial charge on any atom is -0.459 e. The zero-order valence-electron chi connectivity index (χ0n) is 15.7. The minimum absolute atomic E-state index is 0.0678. The van der Waals surface area contributed by atoms with Crippen molar-refractivity contribution >= 4 is 5.97 Å². The molecule has 0 aliphatic heterocycles. The Morgan fingerprint density at radius 1 is 0.957 bits per heavy atom. The SMILES string of the molecule is C=CC(=O)OC(CCCCC)C(CCC)CCCC/C=C/CC. The first-order valence-electron chi connectivity index (χ1n) is 9.67. The third kappa shape index (κ3) is 12.1. The summed E-state index contributed by atoms with van der Waals surface area (Å²) >= 11 is 0. The summed E-state index contributed by atoms with van der Waals surface area (Å²) < 4.78 is 5.69. The van der Waals surface area contributed by atoms with Crippen molar-refractivity contribution in [3.8, 4) is 0 Å². The number of rotatable bonds is 15. The summed E-state index contributed by atoms with van der Waals surface area (Å²) in [5.74, 6) is 0.231. The van der Waals surface area contributed by atoms with Crippen molar-refractivity contribution in [2.75, 3.05) is 0 Å². The van der Waals surface area contributed by atoms with Gasteiger partial charge in [0.25, 0.3) is 0 Å². The van der Waals surface area contributed by atoms with Crippen LogP contribution in [-0.2, 0) is 9.53 Å². The molecule has 0 radical (unpaired) electrons. The van der Waals surface area contributed by atoms with Gasteiger partial charge in [0.05, 0.1) is 0 Å². The van der Waals surface area contributed by atoms with E-state index in [1.807, 2.05) is 0 Å². The molecule has 2 heteroatoms. The molecule has 0 saturated carbocycles. The fraction of sp³-hybridized carbons (Fsp3) is 0.762. The second-order valence-electron chi connectivity index (χ2n) is 6.39. The topological polar surface area (TPSA) is 26.3 Å². The van der Waals surface area contributed by atoms with Crippen LogP contribution in [0.2, 0.25) is 0 Å². The van der Waals surface area contributed by atoms with E-state index in [4.69, 9.17) is 4.74 Å². The summed E-state index contributed by atoms with van der Waals surface area (Å²) in [5.41, 5.74) is 0. The predicted octanol–water partition coefficient (Wildman–Crippen LogP) is 6.61. The summed E-state index contributed by atoms with van der Waals surface area (Å²) in [4.78, 5) is 11.7. The van der Waals surface area contributed by atoms with Gasteiger partial charge < -0.3 is 4.74 Å². The number of ether oxygens (including phenoxy) is 1. The molecule has 0 N–H and O–H groups in total. The molecule has 0 spiro atoms. The maximum Gasteiger partial charge on any atom is 0.330 e. The van der Waals surface area contributed by atoms with Crippen LogP contribution < -0.4 is 0 Å². The normalized spacial score (nSPS) is 13.9. The van der Waals surface area contributed by atoms with Crippen LogP contribution in [0.5, 0.6) is 0 Å². The highest BCUT2D eigenvalue weighted by molar-refractivity contribution is 5.81. The lowest BCUT2D eigenvalue weighted by atomic mass is 9.88. The molecule has 0 saturated heterocycles.